The number of amides is 1. The SMILES string of the molecule is CNc1ccc(NC(=O)c2ccccc2)cc1C. The molecule has 0 aromatic heterocycles. The molecule has 0 aliphatic heterocycles. The number of anilines is 2. The summed E-state index contributed by atoms with van der Waals surface area (Å²) in [5, 5.41) is 5.98. The molecule has 3 heteroatoms. The van der Waals surface area contributed by atoms with Crippen molar-refractivity contribution in [3.05, 3.63) is 59.7 Å². The van der Waals surface area contributed by atoms with E-state index in [1.165, 1.54) is 0 Å². The maximum atomic E-state index is 12.0. The van der Waals surface area contributed by atoms with Crippen LogP contribution in [0.5, 0.6) is 0 Å². The maximum Gasteiger partial charge on any atom is 0.255 e. The molecule has 1 amide bonds. The minimum atomic E-state index is -0.0905. The Labute approximate surface area is 107 Å². The molecule has 0 bridgehead atoms. The summed E-state index contributed by atoms with van der Waals surface area (Å²) >= 11 is 0. The predicted octanol–water partition coefficient (Wildman–Crippen LogP) is 3.29. The molecule has 0 fully saturated rings. The van der Waals surface area contributed by atoms with E-state index in [0.29, 0.717) is 5.56 Å². The van der Waals surface area contributed by atoms with Crippen molar-refractivity contribution in [2.75, 3.05) is 17.7 Å². The number of hydrogen-bond acceptors (Lipinski definition) is 2. The van der Waals surface area contributed by atoms with Gasteiger partial charge in [0.2, 0.25) is 0 Å². The highest BCUT2D eigenvalue weighted by Gasteiger charge is 2.05. The van der Waals surface area contributed by atoms with Crippen LogP contribution in [0.4, 0.5) is 11.4 Å². The van der Waals surface area contributed by atoms with Crippen molar-refractivity contribution in [2.45, 2.75) is 6.92 Å². The number of benzene rings is 2. The lowest BCUT2D eigenvalue weighted by Crippen LogP contribution is -2.11. The Morgan fingerprint density at radius 1 is 1.06 bits per heavy atom. The highest BCUT2D eigenvalue weighted by atomic mass is 16.1. The molecule has 0 saturated heterocycles. The van der Waals surface area contributed by atoms with Gasteiger partial charge in [0.05, 0.1) is 0 Å². The number of carbonyl (C=O) groups excluding carboxylic acids is 1. The third-order valence-corrected chi connectivity index (χ3v) is 2.79. The van der Waals surface area contributed by atoms with Gasteiger partial charge in [-0.15, -0.1) is 0 Å². The molecular formula is C15H16N2O. The minimum Gasteiger partial charge on any atom is -0.388 e. The second kappa shape index (κ2) is 5.36. The molecule has 18 heavy (non-hydrogen) atoms. The summed E-state index contributed by atoms with van der Waals surface area (Å²) in [6.45, 7) is 2.00. The molecule has 0 saturated carbocycles. The van der Waals surface area contributed by atoms with E-state index in [9.17, 15) is 4.79 Å². The first kappa shape index (κ1) is 12.2. The summed E-state index contributed by atoms with van der Waals surface area (Å²) in [7, 11) is 1.88. The highest BCUT2D eigenvalue weighted by Crippen LogP contribution is 2.19. The van der Waals surface area contributed by atoms with Crippen LogP contribution in [0.1, 0.15) is 15.9 Å². The first-order chi connectivity index (χ1) is 8.70. The van der Waals surface area contributed by atoms with E-state index in [0.717, 1.165) is 16.9 Å². The van der Waals surface area contributed by atoms with Crippen LogP contribution in [0.15, 0.2) is 48.5 Å². The standard InChI is InChI=1S/C15H16N2O/c1-11-10-13(8-9-14(11)16-2)17-15(18)12-6-4-3-5-7-12/h3-10,16H,1-2H3,(H,17,18). The van der Waals surface area contributed by atoms with Gasteiger partial charge >= 0.3 is 0 Å². The van der Waals surface area contributed by atoms with Crippen LogP contribution in [0.2, 0.25) is 0 Å². The van der Waals surface area contributed by atoms with E-state index in [-0.39, 0.29) is 5.91 Å². The van der Waals surface area contributed by atoms with Crippen LogP contribution >= 0.6 is 0 Å². The van der Waals surface area contributed by atoms with Crippen LogP contribution in [0, 0.1) is 6.92 Å². The largest absolute Gasteiger partial charge is 0.388 e. The topological polar surface area (TPSA) is 41.1 Å². The van der Waals surface area contributed by atoms with Crippen molar-refractivity contribution in [1.82, 2.24) is 0 Å². The summed E-state index contributed by atoms with van der Waals surface area (Å²) in [6.07, 6.45) is 0. The summed E-state index contributed by atoms with van der Waals surface area (Å²) in [5.41, 5.74) is 3.63. The maximum absolute atomic E-state index is 12.0. The third kappa shape index (κ3) is 2.69. The minimum absolute atomic E-state index is 0.0905. The van der Waals surface area contributed by atoms with Gasteiger partial charge in [0.1, 0.15) is 0 Å². The molecule has 2 aromatic carbocycles. The van der Waals surface area contributed by atoms with E-state index in [2.05, 4.69) is 10.6 Å². The lowest BCUT2D eigenvalue weighted by molar-refractivity contribution is 0.102. The fraction of sp³-hybridized carbons (Fsp3) is 0.133. The van der Waals surface area contributed by atoms with Crippen LogP contribution in [-0.4, -0.2) is 13.0 Å². The second-order valence-electron chi connectivity index (χ2n) is 4.10. The monoisotopic (exact) mass is 240 g/mol. The van der Waals surface area contributed by atoms with Gasteiger partial charge in [-0.3, -0.25) is 4.79 Å². The Kier molecular flexibility index (Phi) is 3.63. The zero-order chi connectivity index (χ0) is 13.0. The zero-order valence-electron chi connectivity index (χ0n) is 10.5. The summed E-state index contributed by atoms with van der Waals surface area (Å²) in [6, 6.07) is 15.0. The molecule has 0 atom stereocenters. The summed E-state index contributed by atoms with van der Waals surface area (Å²) < 4.78 is 0. The van der Waals surface area contributed by atoms with Crippen molar-refractivity contribution in [1.29, 1.82) is 0 Å². The van der Waals surface area contributed by atoms with E-state index < -0.39 is 0 Å². The van der Waals surface area contributed by atoms with Crippen molar-refractivity contribution in [2.24, 2.45) is 0 Å². The predicted molar refractivity (Wildman–Crippen MR) is 75.1 cm³/mol. The normalized spacial score (nSPS) is 9.89. The molecule has 0 aliphatic carbocycles. The fourth-order valence-corrected chi connectivity index (χ4v) is 1.81. The Morgan fingerprint density at radius 3 is 2.39 bits per heavy atom. The molecular weight excluding hydrogens is 224 g/mol. The Morgan fingerprint density at radius 2 is 1.78 bits per heavy atom. The zero-order valence-corrected chi connectivity index (χ0v) is 10.5. The summed E-state index contributed by atoms with van der Waals surface area (Å²) in [4.78, 5) is 12.0. The van der Waals surface area contributed by atoms with Crippen molar-refractivity contribution < 1.29 is 4.79 Å². The summed E-state index contributed by atoms with van der Waals surface area (Å²) in [5.74, 6) is -0.0905. The second-order valence-corrected chi connectivity index (χ2v) is 4.10. The first-order valence-electron chi connectivity index (χ1n) is 5.85. The molecule has 2 N–H and O–H groups in total. The lowest BCUT2D eigenvalue weighted by atomic mass is 10.1. The molecule has 2 rings (SSSR count). The first-order valence-corrected chi connectivity index (χ1v) is 5.85. The van der Waals surface area contributed by atoms with Crippen molar-refractivity contribution in [3.63, 3.8) is 0 Å². The number of rotatable bonds is 3. The van der Waals surface area contributed by atoms with Gasteiger partial charge in [-0.1, -0.05) is 18.2 Å². The molecule has 0 aliphatic rings. The molecule has 3 nitrogen and oxygen atoms in total. The number of nitrogens with one attached hydrogen (secondary N) is 2. The van der Waals surface area contributed by atoms with E-state index in [4.69, 9.17) is 0 Å². The number of carbonyl (C=O) groups is 1. The van der Waals surface area contributed by atoms with Gasteiger partial charge in [-0.2, -0.15) is 0 Å². The average molecular weight is 240 g/mol. The molecule has 2 aromatic rings. The molecule has 0 heterocycles. The van der Waals surface area contributed by atoms with Gasteiger partial charge in [0, 0.05) is 24.0 Å². The van der Waals surface area contributed by atoms with E-state index in [1.807, 2.05) is 50.4 Å². The Balaban J connectivity index is 2.15. The lowest BCUT2D eigenvalue weighted by Gasteiger charge is -2.09. The van der Waals surface area contributed by atoms with Crippen LogP contribution in [0.25, 0.3) is 0 Å². The quantitative estimate of drug-likeness (QED) is 0.864. The molecule has 0 radical (unpaired) electrons. The van der Waals surface area contributed by atoms with Gasteiger partial charge in [-0.05, 0) is 42.8 Å². The number of hydrogen-bond donors (Lipinski definition) is 2. The van der Waals surface area contributed by atoms with Gasteiger partial charge in [-0.25, -0.2) is 0 Å². The fourth-order valence-electron chi connectivity index (χ4n) is 1.81. The molecule has 0 unspecified atom stereocenters. The van der Waals surface area contributed by atoms with E-state index >= 15 is 0 Å². The van der Waals surface area contributed by atoms with Crippen LogP contribution in [-0.2, 0) is 0 Å². The van der Waals surface area contributed by atoms with E-state index in [1.54, 1.807) is 12.1 Å². The number of aryl methyl sites for hydroxylation is 1. The van der Waals surface area contributed by atoms with Gasteiger partial charge < -0.3 is 10.6 Å². The third-order valence-electron chi connectivity index (χ3n) is 2.79. The molecule has 92 valence electrons. The van der Waals surface area contributed by atoms with Crippen molar-refractivity contribution in [3.8, 4) is 0 Å². The van der Waals surface area contributed by atoms with Crippen LogP contribution in [0.3, 0.4) is 0 Å². The average Bonchev–Trinajstić information content (AvgIpc) is 2.40. The smallest absolute Gasteiger partial charge is 0.255 e. The van der Waals surface area contributed by atoms with Gasteiger partial charge in [0.15, 0.2) is 0 Å². The molecule has 0 spiro atoms. The van der Waals surface area contributed by atoms with Crippen molar-refractivity contribution >= 4 is 17.3 Å². The Bertz CT molecular complexity index is 550. The van der Waals surface area contributed by atoms with Crippen LogP contribution < -0.4 is 10.6 Å². The van der Waals surface area contributed by atoms with Gasteiger partial charge in [0.25, 0.3) is 5.91 Å². The highest BCUT2D eigenvalue weighted by molar-refractivity contribution is 6.04. The Hall–Kier alpha value is -2.29.